The van der Waals surface area contributed by atoms with Gasteiger partial charge in [0.25, 0.3) is 5.91 Å². The predicted molar refractivity (Wildman–Crippen MR) is 108 cm³/mol. The molecule has 1 fully saturated rings. The Morgan fingerprint density at radius 2 is 1.72 bits per heavy atom. The first kappa shape index (κ1) is 20.5. The molecule has 1 aliphatic carbocycles. The molecule has 2 aromatic rings. The van der Waals surface area contributed by atoms with E-state index in [1.165, 1.54) is 0 Å². The van der Waals surface area contributed by atoms with Gasteiger partial charge in [-0.2, -0.15) is 0 Å². The molecule has 2 N–H and O–H groups in total. The summed E-state index contributed by atoms with van der Waals surface area (Å²) in [5.74, 6) is -1.70. The van der Waals surface area contributed by atoms with Gasteiger partial charge in [-0.25, -0.2) is 0 Å². The van der Waals surface area contributed by atoms with Gasteiger partial charge in [-0.3, -0.25) is 19.4 Å². The molecule has 7 nitrogen and oxygen atoms in total. The second-order valence-corrected chi connectivity index (χ2v) is 7.38. The first-order valence-corrected chi connectivity index (χ1v) is 9.73. The lowest BCUT2D eigenvalue weighted by atomic mass is 9.81. The smallest absolute Gasteiger partial charge is 0.306 e. The number of aromatic nitrogens is 1. The molecule has 1 aromatic heterocycles. The molecule has 1 heterocycles. The predicted octanol–water partition coefficient (Wildman–Crippen LogP) is 2.87. The molecule has 1 aromatic carbocycles. The number of amides is 2. The van der Waals surface area contributed by atoms with E-state index in [0.29, 0.717) is 24.9 Å². The zero-order chi connectivity index (χ0) is 20.8. The van der Waals surface area contributed by atoms with E-state index in [9.17, 15) is 14.4 Å². The number of hydrogen-bond acceptors (Lipinski definition) is 4. The summed E-state index contributed by atoms with van der Waals surface area (Å²) in [7, 11) is 1.71. The van der Waals surface area contributed by atoms with E-state index in [-0.39, 0.29) is 17.7 Å². The minimum atomic E-state index is -0.816. The molecule has 2 amide bonds. The van der Waals surface area contributed by atoms with Crippen molar-refractivity contribution in [3.63, 3.8) is 0 Å². The maximum atomic E-state index is 12.5. The fourth-order valence-electron chi connectivity index (χ4n) is 3.63. The summed E-state index contributed by atoms with van der Waals surface area (Å²) in [6, 6.07) is 10.7. The average Bonchev–Trinajstić information content (AvgIpc) is 2.77. The summed E-state index contributed by atoms with van der Waals surface area (Å²) in [6.45, 7) is 0.370. The van der Waals surface area contributed by atoms with Crippen LogP contribution in [0.25, 0.3) is 0 Å². The molecule has 0 saturated heterocycles. The number of carbonyl (C=O) groups is 3. The number of benzene rings is 1. The largest absolute Gasteiger partial charge is 0.481 e. The second-order valence-electron chi connectivity index (χ2n) is 7.38. The molecule has 1 saturated carbocycles. The fraction of sp³-hybridized carbons (Fsp3) is 0.364. The van der Waals surface area contributed by atoms with E-state index in [2.05, 4.69) is 10.3 Å². The van der Waals surface area contributed by atoms with Crippen molar-refractivity contribution in [2.24, 2.45) is 11.8 Å². The monoisotopic (exact) mass is 395 g/mol. The third-order valence-corrected chi connectivity index (χ3v) is 5.42. The van der Waals surface area contributed by atoms with E-state index >= 15 is 0 Å². The fourth-order valence-corrected chi connectivity index (χ4v) is 3.63. The molecule has 152 valence electrons. The lowest BCUT2D eigenvalue weighted by Crippen LogP contribution is -2.35. The number of anilines is 1. The average molecular weight is 395 g/mol. The number of hydrogen-bond donors (Lipinski definition) is 2. The van der Waals surface area contributed by atoms with Gasteiger partial charge in [-0.05, 0) is 49.1 Å². The Bertz CT molecular complexity index is 867. The van der Waals surface area contributed by atoms with Crippen LogP contribution >= 0.6 is 0 Å². The van der Waals surface area contributed by atoms with Gasteiger partial charge in [-0.1, -0.05) is 18.6 Å². The Morgan fingerprint density at radius 3 is 2.38 bits per heavy atom. The minimum Gasteiger partial charge on any atom is -0.481 e. The van der Waals surface area contributed by atoms with Crippen LogP contribution < -0.4 is 10.2 Å². The van der Waals surface area contributed by atoms with Crippen LogP contribution in [0.3, 0.4) is 0 Å². The van der Waals surface area contributed by atoms with Gasteiger partial charge in [0.1, 0.15) is 0 Å². The highest BCUT2D eigenvalue weighted by Crippen LogP contribution is 2.29. The third kappa shape index (κ3) is 5.19. The van der Waals surface area contributed by atoms with Gasteiger partial charge in [0.15, 0.2) is 0 Å². The molecule has 7 heteroatoms. The summed E-state index contributed by atoms with van der Waals surface area (Å²) in [5.41, 5.74) is 2.22. The maximum absolute atomic E-state index is 12.5. The normalized spacial score (nSPS) is 18.7. The number of rotatable bonds is 6. The highest BCUT2D eigenvalue weighted by atomic mass is 16.4. The first-order chi connectivity index (χ1) is 14.0. The third-order valence-electron chi connectivity index (χ3n) is 5.42. The molecule has 0 radical (unpaired) electrons. The number of carboxylic acid groups (broad SMARTS) is 1. The minimum absolute atomic E-state index is 0.0926. The molecule has 0 bridgehead atoms. The Hall–Kier alpha value is -3.22. The van der Waals surface area contributed by atoms with Crippen LogP contribution in [0, 0.1) is 11.8 Å². The van der Waals surface area contributed by atoms with Crippen LogP contribution in [0.4, 0.5) is 5.69 Å². The highest BCUT2D eigenvalue weighted by Gasteiger charge is 2.30. The second kappa shape index (κ2) is 9.32. The molecular formula is C22H25N3O4. The van der Waals surface area contributed by atoms with Crippen molar-refractivity contribution < 1.29 is 19.5 Å². The van der Waals surface area contributed by atoms with E-state index in [1.807, 2.05) is 24.3 Å². The number of nitrogens with zero attached hydrogens (tertiary/aromatic N) is 2. The number of carbonyl (C=O) groups excluding carboxylic acids is 2. The molecule has 29 heavy (non-hydrogen) atoms. The SMILES string of the molecule is CN(C(=O)c1ccncc1)c1ccc(CNC(=O)C2CCCC(C(=O)O)C2)cc1. The Balaban J connectivity index is 1.54. The Kier molecular flexibility index (Phi) is 6.59. The van der Waals surface area contributed by atoms with Crippen molar-refractivity contribution in [2.45, 2.75) is 32.2 Å². The topological polar surface area (TPSA) is 99.6 Å². The first-order valence-electron chi connectivity index (χ1n) is 9.73. The molecule has 2 atom stereocenters. The van der Waals surface area contributed by atoms with Crippen molar-refractivity contribution in [2.75, 3.05) is 11.9 Å². The molecule has 0 aliphatic heterocycles. The van der Waals surface area contributed by atoms with Crippen molar-refractivity contribution in [1.82, 2.24) is 10.3 Å². The van der Waals surface area contributed by atoms with Gasteiger partial charge < -0.3 is 15.3 Å². The standard InChI is InChI=1S/C22H25N3O4/c1-25(21(27)16-9-11-23-12-10-16)19-7-5-15(6-8-19)14-24-20(26)17-3-2-4-18(13-17)22(28)29/h5-12,17-18H,2-4,13-14H2,1H3,(H,24,26)(H,28,29). The molecule has 2 unspecified atom stereocenters. The van der Waals surface area contributed by atoms with E-state index in [1.54, 1.807) is 36.5 Å². The van der Waals surface area contributed by atoms with Crippen LogP contribution in [0.15, 0.2) is 48.8 Å². The van der Waals surface area contributed by atoms with Crippen LogP contribution in [-0.2, 0) is 16.1 Å². The van der Waals surface area contributed by atoms with Crippen LogP contribution in [0.1, 0.15) is 41.6 Å². The maximum Gasteiger partial charge on any atom is 0.306 e. The zero-order valence-corrected chi connectivity index (χ0v) is 16.4. The van der Waals surface area contributed by atoms with Crippen molar-refractivity contribution >= 4 is 23.5 Å². The number of carboxylic acids is 1. The van der Waals surface area contributed by atoms with E-state index in [4.69, 9.17) is 5.11 Å². The van der Waals surface area contributed by atoms with Crippen molar-refractivity contribution in [3.8, 4) is 0 Å². The number of pyridine rings is 1. The van der Waals surface area contributed by atoms with Crippen LogP contribution in [-0.4, -0.2) is 34.9 Å². The molecular weight excluding hydrogens is 370 g/mol. The van der Waals surface area contributed by atoms with Gasteiger partial charge in [-0.15, -0.1) is 0 Å². The Morgan fingerprint density at radius 1 is 1.07 bits per heavy atom. The zero-order valence-electron chi connectivity index (χ0n) is 16.4. The quantitative estimate of drug-likeness (QED) is 0.783. The summed E-state index contributed by atoms with van der Waals surface area (Å²) in [4.78, 5) is 41.5. The van der Waals surface area contributed by atoms with Crippen molar-refractivity contribution in [1.29, 1.82) is 0 Å². The highest BCUT2D eigenvalue weighted by molar-refractivity contribution is 6.05. The van der Waals surface area contributed by atoms with Gasteiger partial charge in [0, 0.05) is 43.2 Å². The number of nitrogens with one attached hydrogen (secondary N) is 1. The molecule has 3 rings (SSSR count). The lowest BCUT2D eigenvalue weighted by molar-refractivity contribution is -0.144. The summed E-state index contributed by atoms with van der Waals surface area (Å²) >= 11 is 0. The van der Waals surface area contributed by atoms with Gasteiger partial charge >= 0.3 is 5.97 Å². The molecule has 0 spiro atoms. The van der Waals surface area contributed by atoms with E-state index in [0.717, 1.165) is 24.1 Å². The van der Waals surface area contributed by atoms with E-state index < -0.39 is 11.9 Å². The van der Waals surface area contributed by atoms with Crippen LogP contribution in [0.2, 0.25) is 0 Å². The summed E-state index contributed by atoms with van der Waals surface area (Å²) in [6.07, 6.45) is 5.71. The summed E-state index contributed by atoms with van der Waals surface area (Å²) in [5, 5.41) is 12.1. The van der Waals surface area contributed by atoms with Crippen LogP contribution in [0.5, 0.6) is 0 Å². The Labute approximate surface area is 169 Å². The van der Waals surface area contributed by atoms with Gasteiger partial charge in [0.2, 0.25) is 5.91 Å². The lowest BCUT2D eigenvalue weighted by Gasteiger charge is -2.25. The van der Waals surface area contributed by atoms with Gasteiger partial charge in [0.05, 0.1) is 5.92 Å². The molecule has 1 aliphatic rings. The summed E-state index contributed by atoms with van der Waals surface area (Å²) < 4.78 is 0. The number of aliphatic carboxylic acids is 1. The van der Waals surface area contributed by atoms with Crippen molar-refractivity contribution in [3.05, 3.63) is 59.9 Å².